The van der Waals surface area contributed by atoms with E-state index >= 15 is 0 Å². The molecule has 1 amide bonds. The number of benzene rings is 1. The molecule has 1 aromatic rings. The van der Waals surface area contributed by atoms with Crippen molar-refractivity contribution in [2.24, 2.45) is 0 Å². The third-order valence-electron chi connectivity index (χ3n) is 3.89. The van der Waals surface area contributed by atoms with Gasteiger partial charge in [-0.25, -0.2) is 0 Å². The number of nitro groups is 2. The van der Waals surface area contributed by atoms with Gasteiger partial charge in [0.15, 0.2) is 5.56 Å². The zero-order valence-corrected chi connectivity index (χ0v) is 18.1. The van der Waals surface area contributed by atoms with Gasteiger partial charge in [-0.05, 0) is 18.9 Å². The summed E-state index contributed by atoms with van der Waals surface area (Å²) in [4.78, 5) is 35.2. The Labute approximate surface area is 180 Å². The molecule has 0 bridgehead atoms. The van der Waals surface area contributed by atoms with Crippen molar-refractivity contribution in [2.75, 3.05) is 42.2 Å². The van der Waals surface area contributed by atoms with E-state index in [0.29, 0.717) is 5.33 Å². The first-order valence-corrected chi connectivity index (χ1v) is 11.4. The summed E-state index contributed by atoms with van der Waals surface area (Å²) < 4.78 is 30.8. The minimum atomic E-state index is -4.24. The van der Waals surface area contributed by atoms with Crippen LogP contribution in [0.4, 0.5) is 17.1 Å². The number of nitrogens with one attached hydrogen (secondary N) is 1. The molecule has 0 aliphatic heterocycles. The molecule has 168 valence electrons. The molecule has 0 aliphatic carbocycles. The lowest BCUT2D eigenvalue weighted by molar-refractivity contribution is -0.394. The lowest BCUT2D eigenvalue weighted by Gasteiger charge is -2.24. The number of halogens is 1. The molecule has 1 aromatic carbocycles. The van der Waals surface area contributed by atoms with E-state index < -0.39 is 48.6 Å². The van der Waals surface area contributed by atoms with Crippen LogP contribution in [0.25, 0.3) is 0 Å². The van der Waals surface area contributed by atoms with E-state index in [9.17, 15) is 33.4 Å². The van der Waals surface area contributed by atoms with Gasteiger partial charge in [0.1, 0.15) is 5.69 Å². The number of hydrogen-bond acceptors (Lipinski definition) is 9. The predicted molar refractivity (Wildman–Crippen MR) is 111 cm³/mol. The van der Waals surface area contributed by atoms with Crippen LogP contribution in [0, 0.1) is 20.2 Å². The minimum absolute atomic E-state index is 0.0321. The van der Waals surface area contributed by atoms with Gasteiger partial charge in [0.2, 0.25) is 0 Å². The van der Waals surface area contributed by atoms with Crippen LogP contribution in [0.2, 0.25) is 0 Å². The topological polar surface area (TPSA) is 193 Å². The summed E-state index contributed by atoms with van der Waals surface area (Å²) in [5.74, 6) is -1.62. The van der Waals surface area contributed by atoms with Crippen molar-refractivity contribution in [3.8, 4) is 0 Å². The highest BCUT2D eigenvalue weighted by Gasteiger charge is 2.35. The van der Waals surface area contributed by atoms with Gasteiger partial charge in [-0.15, -0.1) is 0 Å². The van der Waals surface area contributed by atoms with Crippen LogP contribution in [0.5, 0.6) is 0 Å². The maximum Gasteiger partial charge on any atom is 0.312 e. The summed E-state index contributed by atoms with van der Waals surface area (Å²) in [5.41, 5.74) is -2.40. The SMILES string of the molecule is O=C(NCCCO)c1c([N+](=O)[O-])ccc(N(CCBr)CCCS(=O)(=O)O)c1[N+](=O)[O-]. The molecule has 0 heterocycles. The smallest absolute Gasteiger partial charge is 0.312 e. The second kappa shape index (κ2) is 11.7. The molecule has 0 aliphatic rings. The van der Waals surface area contributed by atoms with Crippen LogP contribution in [-0.4, -0.2) is 71.2 Å². The summed E-state index contributed by atoms with van der Waals surface area (Å²) in [6.45, 7) is -0.171. The number of nitrogens with zero attached hydrogens (tertiary/aromatic N) is 3. The Hall–Kier alpha value is -2.36. The van der Waals surface area contributed by atoms with Crippen LogP contribution < -0.4 is 10.2 Å². The molecule has 15 heteroatoms. The van der Waals surface area contributed by atoms with Gasteiger partial charge in [-0.2, -0.15) is 8.42 Å². The molecular formula is C15H21BrN4O9S. The molecule has 0 fully saturated rings. The highest BCUT2D eigenvalue weighted by molar-refractivity contribution is 9.09. The predicted octanol–water partition coefficient (Wildman–Crippen LogP) is 1.09. The third kappa shape index (κ3) is 7.47. The first-order valence-electron chi connectivity index (χ1n) is 8.64. The molecule has 0 radical (unpaired) electrons. The summed E-state index contributed by atoms with van der Waals surface area (Å²) in [6.07, 6.45) is 0.0797. The second-order valence-corrected chi connectivity index (χ2v) is 8.36. The molecule has 13 nitrogen and oxygen atoms in total. The fraction of sp³-hybridized carbons (Fsp3) is 0.533. The number of amides is 1. The summed E-state index contributed by atoms with van der Waals surface area (Å²) >= 11 is 3.18. The molecule has 0 saturated carbocycles. The zero-order valence-electron chi connectivity index (χ0n) is 15.7. The van der Waals surface area contributed by atoms with Crippen molar-refractivity contribution in [2.45, 2.75) is 12.8 Å². The Morgan fingerprint density at radius 3 is 2.33 bits per heavy atom. The maximum atomic E-state index is 12.5. The van der Waals surface area contributed by atoms with Crippen LogP contribution >= 0.6 is 15.9 Å². The highest BCUT2D eigenvalue weighted by atomic mass is 79.9. The van der Waals surface area contributed by atoms with Gasteiger partial charge in [-0.3, -0.25) is 29.6 Å². The van der Waals surface area contributed by atoms with Gasteiger partial charge in [0.05, 0.1) is 15.6 Å². The molecule has 0 aromatic heterocycles. The molecular weight excluding hydrogens is 492 g/mol. The number of rotatable bonds is 13. The van der Waals surface area contributed by atoms with Gasteiger partial charge in [0, 0.05) is 37.6 Å². The Kier molecular flexibility index (Phi) is 10.0. The van der Waals surface area contributed by atoms with E-state index in [1.807, 2.05) is 0 Å². The molecule has 0 unspecified atom stereocenters. The van der Waals surface area contributed by atoms with E-state index in [-0.39, 0.29) is 44.8 Å². The van der Waals surface area contributed by atoms with Crippen molar-refractivity contribution in [3.63, 3.8) is 0 Å². The van der Waals surface area contributed by atoms with E-state index in [1.54, 1.807) is 0 Å². The number of carbonyl (C=O) groups is 1. The van der Waals surface area contributed by atoms with Gasteiger partial charge in [-0.1, -0.05) is 15.9 Å². The Morgan fingerprint density at radius 1 is 1.17 bits per heavy atom. The fourth-order valence-electron chi connectivity index (χ4n) is 2.65. The van der Waals surface area contributed by atoms with E-state index in [2.05, 4.69) is 21.2 Å². The fourth-order valence-corrected chi connectivity index (χ4v) is 3.57. The van der Waals surface area contributed by atoms with Crippen LogP contribution in [0.1, 0.15) is 23.2 Å². The maximum absolute atomic E-state index is 12.5. The van der Waals surface area contributed by atoms with E-state index in [4.69, 9.17) is 9.66 Å². The number of anilines is 1. The monoisotopic (exact) mass is 512 g/mol. The van der Waals surface area contributed by atoms with Crippen LogP contribution in [-0.2, 0) is 10.1 Å². The number of hydrogen-bond donors (Lipinski definition) is 3. The normalized spacial score (nSPS) is 11.2. The standard InChI is InChI=1S/C15H21BrN4O9S/c16-5-8-18(7-2-10-30(27,28)29)12-4-3-11(19(23)24)13(14(12)20(25)26)15(22)17-6-1-9-21/h3-4,21H,1-2,5-10H2,(H,17,22)(H,27,28,29). The van der Waals surface area contributed by atoms with E-state index in [0.717, 1.165) is 12.1 Å². The molecule has 1 rings (SSSR count). The highest BCUT2D eigenvalue weighted by Crippen LogP contribution is 2.37. The number of nitro benzene ring substituents is 2. The van der Waals surface area contributed by atoms with Crippen molar-refractivity contribution in [3.05, 3.63) is 37.9 Å². The second-order valence-electron chi connectivity index (χ2n) is 5.99. The first kappa shape index (κ1) is 25.7. The Bertz CT molecular complexity index is 894. The number of aliphatic hydroxyl groups is 1. The number of aliphatic hydroxyl groups excluding tert-OH is 1. The Balaban J connectivity index is 3.48. The van der Waals surface area contributed by atoms with E-state index in [1.165, 1.54) is 4.90 Å². The van der Waals surface area contributed by atoms with Gasteiger partial charge >= 0.3 is 5.69 Å². The molecule has 30 heavy (non-hydrogen) atoms. The average Bonchev–Trinajstić information content (AvgIpc) is 2.65. The number of alkyl halides is 1. The summed E-state index contributed by atoms with van der Waals surface area (Å²) in [6, 6.07) is 2.09. The molecule has 0 saturated heterocycles. The largest absolute Gasteiger partial charge is 0.396 e. The molecule has 0 atom stereocenters. The lowest BCUT2D eigenvalue weighted by Crippen LogP contribution is -2.31. The minimum Gasteiger partial charge on any atom is -0.396 e. The van der Waals surface area contributed by atoms with Crippen molar-refractivity contribution in [1.82, 2.24) is 5.32 Å². The van der Waals surface area contributed by atoms with Gasteiger partial charge in [0.25, 0.3) is 21.7 Å². The summed E-state index contributed by atoms with van der Waals surface area (Å²) in [7, 11) is -4.24. The first-order chi connectivity index (χ1) is 14.0. The molecule has 0 spiro atoms. The average molecular weight is 513 g/mol. The number of carbonyl (C=O) groups excluding carboxylic acids is 1. The zero-order chi connectivity index (χ0) is 22.9. The molecule has 3 N–H and O–H groups in total. The third-order valence-corrected chi connectivity index (χ3v) is 5.05. The van der Waals surface area contributed by atoms with Crippen molar-refractivity contribution >= 4 is 49.0 Å². The van der Waals surface area contributed by atoms with Gasteiger partial charge < -0.3 is 15.3 Å². The van der Waals surface area contributed by atoms with Crippen LogP contribution in [0.3, 0.4) is 0 Å². The van der Waals surface area contributed by atoms with Crippen molar-refractivity contribution in [1.29, 1.82) is 0 Å². The Morgan fingerprint density at radius 2 is 1.83 bits per heavy atom. The lowest BCUT2D eigenvalue weighted by atomic mass is 10.1. The van der Waals surface area contributed by atoms with Crippen molar-refractivity contribution < 1.29 is 32.7 Å². The quantitative estimate of drug-likeness (QED) is 0.113. The summed E-state index contributed by atoms with van der Waals surface area (Å²) in [5, 5.41) is 34.6. The van der Waals surface area contributed by atoms with Crippen LogP contribution in [0.15, 0.2) is 12.1 Å².